The maximum Gasteiger partial charge on any atom is 0.121 e. The first-order valence-corrected chi connectivity index (χ1v) is 8.49. The molecule has 0 fully saturated rings. The van der Waals surface area contributed by atoms with Crippen molar-refractivity contribution < 1.29 is 4.74 Å². The van der Waals surface area contributed by atoms with Crippen LogP contribution in [0.5, 0.6) is 5.75 Å². The lowest BCUT2D eigenvalue weighted by Gasteiger charge is -2.30. The van der Waals surface area contributed by atoms with Gasteiger partial charge in [-0.2, -0.15) is 0 Å². The zero-order valence-corrected chi connectivity index (χ0v) is 14.6. The van der Waals surface area contributed by atoms with Gasteiger partial charge in [0.2, 0.25) is 0 Å². The number of hydrogen-bond donors (Lipinski definition) is 0. The zero-order chi connectivity index (χ0) is 17.1. The molecule has 0 radical (unpaired) electrons. The molecule has 1 aliphatic heterocycles. The van der Waals surface area contributed by atoms with Crippen molar-refractivity contribution in [3.05, 3.63) is 59.6 Å². The minimum atomic E-state index is 0.717. The van der Waals surface area contributed by atoms with Gasteiger partial charge in [0.05, 0.1) is 29.7 Å². The average Bonchev–Trinajstić information content (AvgIpc) is 2.65. The fourth-order valence-corrected chi connectivity index (χ4v) is 3.89. The summed E-state index contributed by atoms with van der Waals surface area (Å²) >= 11 is 6.25. The Kier molecular flexibility index (Phi) is 2.97. The molecule has 0 unspecified atom stereocenters. The van der Waals surface area contributed by atoms with Gasteiger partial charge in [-0.1, -0.05) is 29.8 Å². The van der Waals surface area contributed by atoms with E-state index in [0.29, 0.717) is 5.02 Å². The topological polar surface area (TPSA) is 25.4 Å². The third-order valence-corrected chi connectivity index (χ3v) is 5.16. The molecule has 0 saturated heterocycles. The fraction of sp³-hybridized carbons (Fsp3) is 0.0952. The molecular formula is C21H15ClN2O. The second-order valence-electron chi connectivity index (χ2n) is 6.27. The Bertz CT molecular complexity index is 1170. The molecule has 5 rings (SSSR count). The molecule has 0 atom stereocenters. The predicted octanol–water partition coefficient (Wildman–Crippen LogP) is 5.80. The smallest absolute Gasteiger partial charge is 0.121 e. The van der Waals surface area contributed by atoms with Gasteiger partial charge < -0.3 is 9.64 Å². The minimum Gasteiger partial charge on any atom is -0.497 e. The molecule has 25 heavy (non-hydrogen) atoms. The number of pyridine rings is 1. The first kappa shape index (κ1) is 14.6. The van der Waals surface area contributed by atoms with E-state index in [1.54, 1.807) is 7.11 Å². The number of methoxy groups -OCH3 is 1. The van der Waals surface area contributed by atoms with Crippen LogP contribution in [0, 0.1) is 0 Å². The van der Waals surface area contributed by atoms with Crippen molar-refractivity contribution in [2.75, 3.05) is 19.1 Å². The van der Waals surface area contributed by atoms with E-state index in [2.05, 4.69) is 42.3 Å². The van der Waals surface area contributed by atoms with Gasteiger partial charge in [-0.3, -0.25) is 0 Å². The van der Waals surface area contributed by atoms with Gasteiger partial charge >= 0.3 is 0 Å². The number of para-hydroxylation sites is 1. The number of anilines is 2. The van der Waals surface area contributed by atoms with E-state index in [9.17, 15) is 0 Å². The van der Waals surface area contributed by atoms with Gasteiger partial charge in [-0.05, 0) is 35.7 Å². The van der Waals surface area contributed by atoms with Crippen molar-refractivity contribution in [3.8, 4) is 17.0 Å². The molecule has 0 saturated carbocycles. The average molecular weight is 347 g/mol. The normalized spacial score (nSPS) is 12.5. The van der Waals surface area contributed by atoms with Crippen molar-refractivity contribution in [3.63, 3.8) is 0 Å². The molecule has 1 aromatic heterocycles. The SMILES string of the molecule is COc1cc2c3c(nc4ccccc4c3c1)-c1ccc(Cl)cc1N2C. The van der Waals surface area contributed by atoms with Crippen LogP contribution in [0.3, 0.4) is 0 Å². The summed E-state index contributed by atoms with van der Waals surface area (Å²) in [5, 5.41) is 4.15. The molecule has 0 N–H and O–H groups in total. The second kappa shape index (κ2) is 5.11. The summed E-state index contributed by atoms with van der Waals surface area (Å²) in [6.07, 6.45) is 0. The van der Waals surface area contributed by atoms with Gasteiger partial charge in [0.25, 0.3) is 0 Å². The molecule has 3 aromatic carbocycles. The number of nitrogens with zero attached hydrogens (tertiary/aromatic N) is 2. The molecule has 4 heteroatoms. The standard InChI is InChI=1S/C21H15ClN2O/c1-24-18-9-12(22)7-8-15(18)21-20-16(10-13(25-2)11-19(20)24)14-5-3-4-6-17(14)23-21/h3-11H,1-2H3. The third kappa shape index (κ3) is 1.96. The van der Waals surface area contributed by atoms with Gasteiger partial charge in [-0.25, -0.2) is 4.98 Å². The van der Waals surface area contributed by atoms with Crippen LogP contribution in [0.4, 0.5) is 11.4 Å². The van der Waals surface area contributed by atoms with E-state index >= 15 is 0 Å². The van der Waals surface area contributed by atoms with E-state index in [-0.39, 0.29) is 0 Å². The van der Waals surface area contributed by atoms with Crippen LogP contribution >= 0.6 is 11.6 Å². The van der Waals surface area contributed by atoms with Gasteiger partial charge in [0, 0.05) is 34.5 Å². The minimum absolute atomic E-state index is 0.717. The fourth-order valence-electron chi connectivity index (χ4n) is 3.73. The highest BCUT2D eigenvalue weighted by atomic mass is 35.5. The van der Waals surface area contributed by atoms with Gasteiger partial charge in [0.15, 0.2) is 0 Å². The molecule has 0 aliphatic carbocycles. The molecule has 3 nitrogen and oxygen atoms in total. The Labute approximate surface area is 150 Å². The number of hydrogen-bond acceptors (Lipinski definition) is 3. The van der Waals surface area contributed by atoms with E-state index < -0.39 is 0 Å². The summed E-state index contributed by atoms with van der Waals surface area (Å²) in [5.41, 5.74) is 5.21. The number of benzene rings is 3. The summed E-state index contributed by atoms with van der Waals surface area (Å²) in [7, 11) is 3.76. The van der Waals surface area contributed by atoms with Crippen LogP contribution in [0.1, 0.15) is 0 Å². The summed E-state index contributed by atoms with van der Waals surface area (Å²) in [4.78, 5) is 7.15. The number of ether oxygens (including phenoxy) is 1. The number of halogens is 1. The first-order chi connectivity index (χ1) is 12.2. The summed E-state index contributed by atoms with van der Waals surface area (Å²) in [5.74, 6) is 0.835. The van der Waals surface area contributed by atoms with E-state index in [4.69, 9.17) is 21.3 Å². The van der Waals surface area contributed by atoms with Crippen molar-refractivity contribution in [1.29, 1.82) is 0 Å². The quantitative estimate of drug-likeness (QED) is 0.407. The highest BCUT2D eigenvalue weighted by Gasteiger charge is 2.25. The van der Waals surface area contributed by atoms with Crippen LogP contribution in [0.15, 0.2) is 54.6 Å². The van der Waals surface area contributed by atoms with Crippen LogP contribution in [-0.4, -0.2) is 19.1 Å². The summed E-state index contributed by atoms with van der Waals surface area (Å²) in [6, 6.07) is 18.4. The van der Waals surface area contributed by atoms with Crippen molar-refractivity contribution in [1.82, 2.24) is 4.98 Å². The Hall–Kier alpha value is -2.78. The Morgan fingerprint density at radius 2 is 1.80 bits per heavy atom. The van der Waals surface area contributed by atoms with Crippen LogP contribution in [-0.2, 0) is 0 Å². The monoisotopic (exact) mass is 346 g/mol. The second-order valence-corrected chi connectivity index (χ2v) is 6.70. The Balaban J connectivity index is 2.04. The molecule has 4 aromatic rings. The summed E-state index contributed by atoms with van der Waals surface area (Å²) in [6.45, 7) is 0. The van der Waals surface area contributed by atoms with Gasteiger partial charge in [-0.15, -0.1) is 0 Å². The van der Waals surface area contributed by atoms with Crippen molar-refractivity contribution in [2.24, 2.45) is 0 Å². The van der Waals surface area contributed by atoms with Crippen molar-refractivity contribution in [2.45, 2.75) is 0 Å². The highest BCUT2D eigenvalue weighted by molar-refractivity contribution is 6.31. The lowest BCUT2D eigenvalue weighted by Crippen LogP contribution is -2.15. The lowest BCUT2D eigenvalue weighted by molar-refractivity contribution is 0.415. The largest absolute Gasteiger partial charge is 0.497 e. The van der Waals surface area contributed by atoms with Crippen LogP contribution in [0.2, 0.25) is 5.02 Å². The number of fused-ring (bicyclic) bond motifs is 4. The van der Waals surface area contributed by atoms with E-state index in [1.165, 1.54) is 0 Å². The molecule has 2 heterocycles. The van der Waals surface area contributed by atoms with Crippen LogP contribution in [0.25, 0.3) is 32.9 Å². The lowest BCUT2D eigenvalue weighted by atomic mass is 9.93. The Morgan fingerprint density at radius 1 is 0.960 bits per heavy atom. The molecule has 0 spiro atoms. The molecule has 0 amide bonds. The van der Waals surface area contributed by atoms with Crippen molar-refractivity contribution >= 4 is 44.7 Å². The summed E-state index contributed by atoms with van der Waals surface area (Å²) < 4.78 is 5.56. The first-order valence-electron chi connectivity index (χ1n) is 8.11. The Morgan fingerprint density at radius 3 is 2.64 bits per heavy atom. The van der Waals surface area contributed by atoms with E-state index in [0.717, 1.165) is 50.1 Å². The molecule has 122 valence electrons. The number of rotatable bonds is 1. The third-order valence-electron chi connectivity index (χ3n) is 4.93. The highest BCUT2D eigenvalue weighted by Crippen LogP contribution is 2.49. The predicted molar refractivity (Wildman–Crippen MR) is 104 cm³/mol. The maximum absolute atomic E-state index is 6.25. The zero-order valence-electron chi connectivity index (χ0n) is 13.9. The molecule has 1 aliphatic rings. The van der Waals surface area contributed by atoms with Crippen LogP contribution < -0.4 is 9.64 Å². The number of aromatic nitrogens is 1. The maximum atomic E-state index is 6.25. The van der Waals surface area contributed by atoms with Gasteiger partial charge in [0.1, 0.15) is 5.75 Å². The van der Waals surface area contributed by atoms with E-state index in [1.807, 2.05) is 24.3 Å². The molecule has 0 bridgehead atoms. The molecular weight excluding hydrogens is 332 g/mol.